The Labute approximate surface area is 116 Å². The Morgan fingerprint density at radius 3 is 2.74 bits per heavy atom. The van der Waals surface area contributed by atoms with Gasteiger partial charge in [-0.1, -0.05) is 6.07 Å². The molecule has 1 aromatic carbocycles. The highest BCUT2D eigenvalue weighted by Crippen LogP contribution is 2.32. The van der Waals surface area contributed by atoms with E-state index in [1.807, 2.05) is 26.8 Å². The fourth-order valence-corrected chi connectivity index (χ4v) is 2.72. The predicted octanol–water partition coefficient (Wildman–Crippen LogP) is 3.47. The van der Waals surface area contributed by atoms with Crippen molar-refractivity contribution in [3.63, 3.8) is 0 Å². The molecule has 0 spiro atoms. The van der Waals surface area contributed by atoms with Crippen LogP contribution in [0, 0.1) is 19.7 Å². The van der Waals surface area contributed by atoms with Gasteiger partial charge in [-0.3, -0.25) is 0 Å². The second kappa shape index (κ2) is 5.75. The summed E-state index contributed by atoms with van der Waals surface area (Å²) in [6.45, 7) is 5.61. The van der Waals surface area contributed by atoms with Crippen LogP contribution < -0.4 is 5.73 Å². The molecule has 5 heteroatoms. The highest BCUT2D eigenvalue weighted by molar-refractivity contribution is 7.99. The first kappa shape index (κ1) is 14.1. The van der Waals surface area contributed by atoms with E-state index in [0.29, 0.717) is 17.2 Å². The van der Waals surface area contributed by atoms with Crippen molar-refractivity contribution >= 4 is 11.8 Å². The Morgan fingerprint density at radius 1 is 1.42 bits per heavy atom. The number of nitrogens with two attached hydrogens (primary N) is 1. The van der Waals surface area contributed by atoms with Crippen molar-refractivity contribution in [3.05, 3.63) is 41.0 Å². The number of nitrogens with zero attached hydrogens (tertiary/aromatic N) is 1. The minimum absolute atomic E-state index is 0.0933. The molecule has 0 saturated carbocycles. The summed E-state index contributed by atoms with van der Waals surface area (Å²) in [7, 11) is 0. The summed E-state index contributed by atoms with van der Waals surface area (Å²) in [6.07, 6.45) is 0.494. The van der Waals surface area contributed by atoms with Gasteiger partial charge in [0.05, 0.1) is 5.69 Å². The van der Waals surface area contributed by atoms with Gasteiger partial charge in [-0.25, -0.2) is 9.37 Å². The number of hydrogen-bond donors (Lipinski definition) is 1. The molecule has 2 N–H and O–H groups in total. The van der Waals surface area contributed by atoms with Crippen LogP contribution in [0.1, 0.15) is 23.9 Å². The van der Waals surface area contributed by atoms with Crippen LogP contribution in [-0.2, 0) is 6.42 Å². The van der Waals surface area contributed by atoms with Crippen molar-refractivity contribution in [2.24, 2.45) is 5.73 Å². The second-order valence-electron chi connectivity index (χ2n) is 4.62. The van der Waals surface area contributed by atoms with Crippen molar-refractivity contribution in [2.75, 3.05) is 0 Å². The molecule has 0 saturated heterocycles. The van der Waals surface area contributed by atoms with Crippen molar-refractivity contribution in [2.45, 2.75) is 43.4 Å². The van der Waals surface area contributed by atoms with Gasteiger partial charge in [0.2, 0.25) is 0 Å². The van der Waals surface area contributed by atoms with Crippen LogP contribution in [0.5, 0.6) is 0 Å². The predicted molar refractivity (Wildman–Crippen MR) is 73.9 cm³/mol. The summed E-state index contributed by atoms with van der Waals surface area (Å²) in [5.74, 6) is 0.551. The molecule has 0 radical (unpaired) electrons. The van der Waals surface area contributed by atoms with Crippen LogP contribution in [0.2, 0.25) is 0 Å². The summed E-state index contributed by atoms with van der Waals surface area (Å²) in [6, 6.07) is 4.91. The smallest absolute Gasteiger partial charge is 0.261 e. The van der Waals surface area contributed by atoms with Crippen LogP contribution in [0.25, 0.3) is 0 Å². The molecule has 3 nitrogen and oxygen atoms in total. The summed E-state index contributed by atoms with van der Waals surface area (Å²) < 4.78 is 19.4. The molecular formula is C14H17FN2OS. The van der Waals surface area contributed by atoms with Gasteiger partial charge < -0.3 is 10.2 Å². The van der Waals surface area contributed by atoms with Crippen molar-refractivity contribution in [3.8, 4) is 0 Å². The Bertz CT molecular complexity index is 561. The van der Waals surface area contributed by atoms with Crippen LogP contribution in [0.15, 0.2) is 32.7 Å². The minimum Gasteiger partial charge on any atom is -0.436 e. The van der Waals surface area contributed by atoms with Crippen LogP contribution in [0.4, 0.5) is 4.39 Å². The normalized spacial score (nSPS) is 12.7. The summed E-state index contributed by atoms with van der Waals surface area (Å²) in [4.78, 5) is 5.10. The first-order valence-corrected chi connectivity index (χ1v) is 6.94. The number of rotatable bonds is 4. The summed E-state index contributed by atoms with van der Waals surface area (Å²) >= 11 is 1.33. The zero-order chi connectivity index (χ0) is 14.0. The zero-order valence-electron chi connectivity index (χ0n) is 11.2. The van der Waals surface area contributed by atoms with Gasteiger partial charge in [-0.05, 0) is 51.1 Å². The summed E-state index contributed by atoms with van der Waals surface area (Å²) in [5.41, 5.74) is 7.24. The topological polar surface area (TPSA) is 52.0 Å². The zero-order valence-corrected chi connectivity index (χ0v) is 12.1. The molecule has 1 unspecified atom stereocenters. The highest BCUT2D eigenvalue weighted by Gasteiger charge is 2.14. The molecule has 0 aliphatic rings. The van der Waals surface area contributed by atoms with E-state index in [1.165, 1.54) is 17.8 Å². The van der Waals surface area contributed by atoms with Crippen molar-refractivity contribution in [1.82, 2.24) is 4.98 Å². The Balaban J connectivity index is 2.31. The molecule has 0 fully saturated rings. The van der Waals surface area contributed by atoms with Crippen molar-refractivity contribution < 1.29 is 8.81 Å². The van der Waals surface area contributed by atoms with Crippen LogP contribution in [0.3, 0.4) is 0 Å². The minimum atomic E-state index is -0.234. The molecule has 1 heterocycles. The third-order valence-electron chi connectivity index (χ3n) is 2.81. The molecule has 0 amide bonds. The van der Waals surface area contributed by atoms with E-state index in [9.17, 15) is 4.39 Å². The molecular weight excluding hydrogens is 263 g/mol. The van der Waals surface area contributed by atoms with Gasteiger partial charge in [0.25, 0.3) is 5.22 Å². The maximum atomic E-state index is 13.9. The van der Waals surface area contributed by atoms with Gasteiger partial charge in [0.1, 0.15) is 11.6 Å². The van der Waals surface area contributed by atoms with E-state index in [4.69, 9.17) is 10.2 Å². The molecule has 1 aromatic heterocycles. The lowest BCUT2D eigenvalue weighted by Gasteiger charge is -2.10. The van der Waals surface area contributed by atoms with Gasteiger partial charge in [0.15, 0.2) is 0 Å². The number of aromatic nitrogens is 1. The molecule has 0 aliphatic carbocycles. The summed E-state index contributed by atoms with van der Waals surface area (Å²) in [5, 5.41) is 0.534. The largest absolute Gasteiger partial charge is 0.436 e. The monoisotopic (exact) mass is 280 g/mol. The van der Waals surface area contributed by atoms with E-state index in [1.54, 1.807) is 6.07 Å². The van der Waals surface area contributed by atoms with E-state index < -0.39 is 0 Å². The van der Waals surface area contributed by atoms with Gasteiger partial charge in [-0.2, -0.15) is 0 Å². The number of aryl methyl sites for hydroxylation is 2. The SMILES string of the molecule is Cc1nc(Sc2cccc(F)c2CC(C)N)oc1C. The second-order valence-corrected chi connectivity index (χ2v) is 5.61. The molecule has 1 atom stereocenters. The Hall–Kier alpha value is -1.33. The number of benzene rings is 1. The standard InChI is InChI=1S/C14H17FN2OS/c1-8(16)7-11-12(15)5-4-6-13(11)19-14-17-9(2)10(3)18-14/h4-6,8H,7,16H2,1-3H3. The average Bonchev–Trinajstić information content (AvgIpc) is 2.62. The van der Waals surface area contributed by atoms with E-state index in [-0.39, 0.29) is 11.9 Å². The molecule has 2 rings (SSSR count). The van der Waals surface area contributed by atoms with Gasteiger partial charge in [-0.15, -0.1) is 0 Å². The molecule has 2 aromatic rings. The lowest BCUT2D eigenvalue weighted by atomic mass is 10.1. The number of hydrogen-bond acceptors (Lipinski definition) is 4. The highest BCUT2D eigenvalue weighted by atomic mass is 32.2. The fraction of sp³-hybridized carbons (Fsp3) is 0.357. The lowest BCUT2D eigenvalue weighted by molar-refractivity contribution is 0.431. The third kappa shape index (κ3) is 3.36. The maximum Gasteiger partial charge on any atom is 0.261 e. The molecule has 102 valence electrons. The average molecular weight is 280 g/mol. The lowest BCUT2D eigenvalue weighted by Crippen LogP contribution is -2.19. The van der Waals surface area contributed by atoms with E-state index >= 15 is 0 Å². The first-order valence-electron chi connectivity index (χ1n) is 6.12. The van der Waals surface area contributed by atoms with Gasteiger partial charge >= 0.3 is 0 Å². The van der Waals surface area contributed by atoms with Crippen molar-refractivity contribution in [1.29, 1.82) is 0 Å². The quantitative estimate of drug-likeness (QED) is 0.931. The molecule has 19 heavy (non-hydrogen) atoms. The molecule has 0 aliphatic heterocycles. The van der Waals surface area contributed by atoms with Crippen LogP contribution >= 0.6 is 11.8 Å². The number of oxazole rings is 1. The molecule has 0 bridgehead atoms. The van der Waals surface area contributed by atoms with Crippen LogP contribution in [-0.4, -0.2) is 11.0 Å². The number of halogens is 1. The Kier molecular flexibility index (Phi) is 4.27. The van der Waals surface area contributed by atoms with E-state index in [0.717, 1.165) is 16.3 Å². The fourth-order valence-electron chi connectivity index (χ4n) is 1.74. The van der Waals surface area contributed by atoms with Gasteiger partial charge in [0, 0.05) is 16.5 Å². The Morgan fingerprint density at radius 2 is 2.16 bits per heavy atom. The first-order chi connectivity index (χ1) is 8.97. The maximum absolute atomic E-state index is 13.9. The third-order valence-corrected chi connectivity index (χ3v) is 3.76. The van der Waals surface area contributed by atoms with E-state index in [2.05, 4.69) is 4.98 Å².